The first kappa shape index (κ1) is 17.2. The highest BCUT2D eigenvalue weighted by atomic mass is 16.7. The minimum Gasteiger partial charge on any atom is -0.479 e. The Kier molecular flexibility index (Phi) is 5.16. The van der Waals surface area contributed by atoms with Gasteiger partial charge in [-0.05, 0) is 24.3 Å². The van der Waals surface area contributed by atoms with Crippen LogP contribution in [-0.4, -0.2) is 63.0 Å². The summed E-state index contributed by atoms with van der Waals surface area (Å²) >= 11 is 0. The molecule has 1 heterocycles. The number of amides is 1. The number of hydrogen-bond donors (Lipinski definition) is 5. The first-order valence-corrected chi connectivity index (χ1v) is 6.76. The lowest BCUT2D eigenvalue weighted by Crippen LogP contribution is -2.61. The number of carbonyl (C=O) groups is 2. The average Bonchev–Trinajstić information content (AvgIpc) is 2.48. The number of nitrogens with one attached hydrogen (secondary N) is 1. The van der Waals surface area contributed by atoms with Gasteiger partial charge in [-0.25, -0.2) is 4.79 Å². The Bertz CT molecular complexity index is 575. The van der Waals surface area contributed by atoms with E-state index in [0.29, 0.717) is 5.69 Å². The molecule has 1 aromatic rings. The second-order valence-corrected chi connectivity index (χ2v) is 5.06. The summed E-state index contributed by atoms with van der Waals surface area (Å²) in [5, 5.41) is 40.6. The molecule has 0 aromatic heterocycles. The number of anilines is 1. The summed E-state index contributed by atoms with van der Waals surface area (Å²) in [6.45, 7) is 1.36. The number of aliphatic hydroxyl groups excluding tert-OH is 3. The highest BCUT2D eigenvalue weighted by Gasteiger charge is 2.48. The summed E-state index contributed by atoms with van der Waals surface area (Å²) in [6.07, 6.45) is -8.33. The molecule has 1 amide bonds. The number of carboxylic acid groups (broad SMARTS) is 1. The van der Waals surface area contributed by atoms with Crippen molar-refractivity contribution in [3.05, 3.63) is 24.3 Å². The molecule has 126 valence electrons. The Morgan fingerprint density at radius 3 is 2.22 bits per heavy atom. The Balaban J connectivity index is 2.08. The molecule has 23 heavy (non-hydrogen) atoms. The monoisotopic (exact) mass is 327 g/mol. The summed E-state index contributed by atoms with van der Waals surface area (Å²) < 4.78 is 10.3. The Morgan fingerprint density at radius 2 is 1.70 bits per heavy atom. The Hall–Kier alpha value is -2.20. The highest BCUT2D eigenvalue weighted by Crippen LogP contribution is 2.25. The van der Waals surface area contributed by atoms with Gasteiger partial charge < -0.3 is 35.2 Å². The van der Waals surface area contributed by atoms with Gasteiger partial charge in [-0.2, -0.15) is 0 Å². The molecule has 1 aliphatic rings. The van der Waals surface area contributed by atoms with Crippen molar-refractivity contribution >= 4 is 17.6 Å². The summed E-state index contributed by atoms with van der Waals surface area (Å²) in [4.78, 5) is 21.9. The molecule has 0 spiro atoms. The van der Waals surface area contributed by atoms with Crippen LogP contribution in [0, 0.1) is 0 Å². The maximum absolute atomic E-state index is 11.0. The first-order chi connectivity index (χ1) is 10.8. The van der Waals surface area contributed by atoms with E-state index in [2.05, 4.69) is 5.32 Å². The molecule has 0 aliphatic carbocycles. The fourth-order valence-corrected chi connectivity index (χ4v) is 2.10. The zero-order valence-electron chi connectivity index (χ0n) is 12.1. The SMILES string of the molecule is CC(=O)Nc1ccc(O[C@@H]2OC(C(=O)O)[C@@H](O)C(O)C2O)cc1. The van der Waals surface area contributed by atoms with Crippen molar-refractivity contribution in [2.45, 2.75) is 37.6 Å². The third-order valence-electron chi connectivity index (χ3n) is 3.24. The standard InChI is InChI=1S/C14H17NO8/c1-6(16)15-7-2-4-8(5-3-7)22-14-11(19)9(17)10(18)12(23-14)13(20)21/h2-5,9-12,14,17-19H,1H3,(H,15,16)(H,20,21)/t9?,10-,11?,12?,14+/m0/s1. The Morgan fingerprint density at radius 1 is 1.09 bits per heavy atom. The molecule has 5 N–H and O–H groups in total. The fraction of sp³-hybridized carbons (Fsp3) is 0.429. The van der Waals surface area contributed by atoms with E-state index in [1.165, 1.54) is 31.2 Å². The molecular formula is C14H17NO8. The van der Waals surface area contributed by atoms with Crippen LogP contribution in [0.15, 0.2) is 24.3 Å². The number of aliphatic carboxylic acids is 1. The van der Waals surface area contributed by atoms with Crippen LogP contribution in [-0.2, 0) is 14.3 Å². The number of ether oxygens (including phenoxy) is 2. The number of rotatable bonds is 4. The molecule has 2 rings (SSSR count). The lowest BCUT2D eigenvalue weighted by Gasteiger charge is -2.38. The maximum Gasteiger partial charge on any atom is 0.335 e. The normalized spacial score (nSPS) is 30.5. The van der Waals surface area contributed by atoms with Gasteiger partial charge in [-0.15, -0.1) is 0 Å². The van der Waals surface area contributed by atoms with Crippen LogP contribution >= 0.6 is 0 Å². The fourth-order valence-electron chi connectivity index (χ4n) is 2.10. The average molecular weight is 327 g/mol. The molecule has 9 heteroatoms. The highest BCUT2D eigenvalue weighted by molar-refractivity contribution is 5.88. The van der Waals surface area contributed by atoms with Crippen LogP contribution in [0.25, 0.3) is 0 Å². The van der Waals surface area contributed by atoms with E-state index in [-0.39, 0.29) is 11.7 Å². The second-order valence-electron chi connectivity index (χ2n) is 5.06. The van der Waals surface area contributed by atoms with Gasteiger partial charge >= 0.3 is 5.97 Å². The second kappa shape index (κ2) is 6.92. The quantitative estimate of drug-likeness (QED) is 0.469. The molecular weight excluding hydrogens is 310 g/mol. The zero-order valence-corrected chi connectivity index (χ0v) is 12.1. The smallest absolute Gasteiger partial charge is 0.335 e. The molecule has 0 radical (unpaired) electrons. The van der Waals surface area contributed by atoms with Gasteiger partial charge in [0.15, 0.2) is 6.10 Å². The first-order valence-electron chi connectivity index (χ1n) is 6.76. The van der Waals surface area contributed by atoms with Crippen molar-refractivity contribution in [1.29, 1.82) is 0 Å². The number of aliphatic hydroxyl groups is 3. The van der Waals surface area contributed by atoms with Gasteiger partial charge in [-0.1, -0.05) is 0 Å². The van der Waals surface area contributed by atoms with Gasteiger partial charge in [-0.3, -0.25) is 4.79 Å². The number of hydrogen-bond acceptors (Lipinski definition) is 7. The van der Waals surface area contributed by atoms with Crippen molar-refractivity contribution in [3.8, 4) is 5.75 Å². The summed E-state index contributed by atoms with van der Waals surface area (Å²) in [5.41, 5.74) is 0.522. The molecule has 9 nitrogen and oxygen atoms in total. The van der Waals surface area contributed by atoms with Crippen LogP contribution < -0.4 is 10.1 Å². The predicted octanol–water partition coefficient (Wildman–Crippen LogP) is -1.08. The van der Waals surface area contributed by atoms with Crippen molar-refractivity contribution in [2.24, 2.45) is 0 Å². The summed E-state index contributed by atoms with van der Waals surface area (Å²) in [7, 11) is 0. The van der Waals surface area contributed by atoms with Crippen LogP contribution in [0.2, 0.25) is 0 Å². The summed E-state index contributed by atoms with van der Waals surface area (Å²) in [5.74, 6) is -1.51. The summed E-state index contributed by atoms with van der Waals surface area (Å²) in [6, 6.07) is 6.00. The van der Waals surface area contributed by atoms with E-state index in [4.69, 9.17) is 14.6 Å². The van der Waals surface area contributed by atoms with Gasteiger partial charge in [0.1, 0.15) is 24.1 Å². The Labute approximate surface area is 131 Å². The molecule has 0 bridgehead atoms. The van der Waals surface area contributed by atoms with Gasteiger partial charge in [0.05, 0.1) is 0 Å². The molecule has 1 aromatic carbocycles. The van der Waals surface area contributed by atoms with Crippen LogP contribution in [0.1, 0.15) is 6.92 Å². The van der Waals surface area contributed by atoms with Crippen LogP contribution in [0.3, 0.4) is 0 Å². The number of benzene rings is 1. The minimum absolute atomic E-state index is 0.218. The van der Waals surface area contributed by atoms with Gasteiger partial charge in [0, 0.05) is 12.6 Å². The third-order valence-corrected chi connectivity index (χ3v) is 3.24. The van der Waals surface area contributed by atoms with E-state index >= 15 is 0 Å². The molecule has 1 aliphatic heterocycles. The lowest BCUT2D eigenvalue weighted by molar-refractivity contribution is -0.271. The topological polar surface area (TPSA) is 146 Å². The van der Waals surface area contributed by atoms with Crippen molar-refractivity contribution in [3.63, 3.8) is 0 Å². The third kappa shape index (κ3) is 3.96. The van der Waals surface area contributed by atoms with Gasteiger partial charge in [0.2, 0.25) is 12.2 Å². The zero-order chi connectivity index (χ0) is 17.1. The lowest BCUT2D eigenvalue weighted by atomic mass is 9.99. The van der Waals surface area contributed by atoms with E-state index in [1.54, 1.807) is 0 Å². The molecule has 3 unspecified atom stereocenters. The molecule has 1 fully saturated rings. The van der Waals surface area contributed by atoms with Crippen molar-refractivity contribution in [1.82, 2.24) is 0 Å². The maximum atomic E-state index is 11.0. The van der Waals surface area contributed by atoms with E-state index in [9.17, 15) is 24.9 Å². The van der Waals surface area contributed by atoms with Crippen LogP contribution in [0.4, 0.5) is 5.69 Å². The predicted molar refractivity (Wildman–Crippen MR) is 75.7 cm³/mol. The number of carboxylic acids is 1. The van der Waals surface area contributed by atoms with E-state index < -0.39 is 36.7 Å². The van der Waals surface area contributed by atoms with Crippen molar-refractivity contribution in [2.75, 3.05) is 5.32 Å². The van der Waals surface area contributed by atoms with E-state index in [0.717, 1.165) is 0 Å². The molecule has 0 saturated carbocycles. The van der Waals surface area contributed by atoms with Gasteiger partial charge in [0.25, 0.3) is 0 Å². The molecule has 5 atom stereocenters. The van der Waals surface area contributed by atoms with Crippen molar-refractivity contribution < 1.29 is 39.5 Å². The van der Waals surface area contributed by atoms with Crippen LogP contribution in [0.5, 0.6) is 5.75 Å². The molecule has 1 saturated heterocycles. The minimum atomic E-state index is -1.77. The van der Waals surface area contributed by atoms with E-state index in [1.807, 2.05) is 0 Å². The number of carbonyl (C=O) groups excluding carboxylic acids is 1. The largest absolute Gasteiger partial charge is 0.479 e.